The molecular formula is C32H34N4O2. The minimum Gasteiger partial charge on any atom is -0.378 e. The van der Waals surface area contributed by atoms with Crippen molar-refractivity contribution in [2.75, 3.05) is 48.6 Å². The van der Waals surface area contributed by atoms with Crippen LogP contribution in [0.2, 0.25) is 0 Å². The molecule has 6 heteroatoms. The van der Waals surface area contributed by atoms with Crippen LogP contribution < -0.4 is 20.4 Å². The zero-order chi connectivity index (χ0) is 27.4. The Morgan fingerprint density at radius 2 is 0.974 bits per heavy atom. The van der Waals surface area contributed by atoms with Gasteiger partial charge in [-0.15, -0.1) is 0 Å². The molecule has 0 fully saturated rings. The molecule has 0 radical (unpaired) electrons. The van der Waals surface area contributed by atoms with Gasteiger partial charge in [0.1, 0.15) is 0 Å². The highest BCUT2D eigenvalue weighted by Gasteiger charge is 2.12. The molecular weight excluding hydrogens is 472 g/mol. The molecule has 0 aliphatic rings. The Balaban J connectivity index is 1.49. The fourth-order valence-electron chi connectivity index (χ4n) is 4.13. The van der Waals surface area contributed by atoms with Gasteiger partial charge in [-0.05, 0) is 103 Å². The summed E-state index contributed by atoms with van der Waals surface area (Å²) in [6.45, 7) is 3.95. The van der Waals surface area contributed by atoms with Crippen molar-refractivity contribution in [3.05, 3.63) is 107 Å². The van der Waals surface area contributed by atoms with Crippen molar-refractivity contribution in [3.8, 4) is 11.1 Å². The van der Waals surface area contributed by atoms with Gasteiger partial charge in [0, 0.05) is 62.1 Å². The van der Waals surface area contributed by atoms with Crippen LogP contribution in [0.5, 0.6) is 0 Å². The van der Waals surface area contributed by atoms with Crippen molar-refractivity contribution in [3.63, 3.8) is 0 Å². The Hall–Kier alpha value is -4.58. The standard InChI is InChI=1S/C32H34N4O2/c1-21-7-8-26(20-30(21)34-32(38)24-11-16-28(17-12-24)36(5)6)25-13-18-29(22(2)19-25)33-31(37)23-9-14-27(15-10-23)35(3)4/h7-20H,1-6H3,(H,33,37)(H,34,38). The molecule has 6 nitrogen and oxygen atoms in total. The molecule has 2 N–H and O–H groups in total. The summed E-state index contributed by atoms with van der Waals surface area (Å²) in [6.07, 6.45) is 0. The number of hydrogen-bond acceptors (Lipinski definition) is 4. The number of nitrogens with one attached hydrogen (secondary N) is 2. The molecule has 0 aromatic heterocycles. The van der Waals surface area contributed by atoms with Crippen LogP contribution in [0.1, 0.15) is 31.8 Å². The van der Waals surface area contributed by atoms with E-state index in [4.69, 9.17) is 0 Å². The summed E-state index contributed by atoms with van der Waals surface area (Å²) in [5, 5.41) is 6.07. The molecule has 2 amide bonds. The molecule has 0 spiro atoms. The van der Waals surface area contributed by atoms with E-state index in [9.17, 15) is 9.59 Å². The minimum absolute atomic E-state index is 0.148. The van der Waals surface area contributed by atoms with E-state index in [-0.39, 0.29) is 11.8 Å². The largest absolute Gasteiger partial charge is 0.378 e. The Labute approximate surface area is 224 Å². The number of benzene rings is 4. The molecule has 194 valence electrons. The molecule has 38 heavy (non-hydrogen) atoms. The van der Waals surface area contributed by atoms with Gasteiger partial charge in [0.05, 0.1) is 0 Å². The number of hydrogen-bond donors (Lipinski definition) is 2. The predicted molar refractivity (Wildman–Crippen MR) is 159 cm³/mol. The number of rotatable bonds is 7. The Morgan fingerprint density at radius 1 is 0.526 bits per heavy atom. The smallest absolute Gasteiger partial charge is 0.255 e. The molecule has 4 rings (SSSR count). The number of amides is 2. The predicted octanol–water partition coefficient (Wildman–Crippen LogP) is 6.61. The van der Waals surface area contributed by atoms with Crippen LogP contribution in [0, 0.1) is 13.8 Å². The van der Waals surface area contributed by atoms with E-state index in [1.807, 2.05) is 137 Å². The van der Waals surface area contributed by atoms with E-state index in [0.717, 1.165) is 45.0 Å². The van der Waals surface area contributed by atoms with Crippen LogP contribution in [0.15, 0.2) is 84.9 Å². The van der Waals surface area contributed by atoms with Gasteiger partial charge in [-0.2, -0.15) is 0 Å². The van der Waals surface area contributed by atoms with Crippen LogP contribution >= 0.6 is 0 Å². The summed E-state index contributed by atoms with van der Waals surface area (Å²) in [7, 11) is 7.87. The first-order valence-electron chi connectivity index (χ1n) is 12.5. The molecule has 4 aromatic carbocycles. The minimum atomic E-state index is -0.150. The Morgan fingerprint density at radius 3 is 1.45 bits per heavy atom. The summed E-state index contributed by atoms with van der Waals surface area (Å²) in [4.78, 5) is 29.7. The fourth-order valence-corrected chi connectivity index (χ4v) is 4.13. The van der Waals surface area contributed by atoms with Crippen molar-refractivity contribution in [1.29, 1.82) is 0 Å². The third-order valence-electron chi connectivity index (χ3n) is 6.59. The lowest BCUT2D eigenvalue weighted by Crippen LogP contribution is -2.14. The zero-order valence-corrected chi connectivity index (χ0v) is 22.8. The highest BCUT2D eigenvalue weighted by molar-refractivity contribution is 6.06. The van der Waals surface area contributed by atoms with E-state index >= 15 is 0 Å². The third-order valence-corrected chi connectivity index (χ3v) is 6.59. The van der Waals surface area contributed by atoms with Crippen molar-refractivity contribution in [2.45, 2.75) is 13.8 Å². The monoisotopic (exact) mass is 506 g/mol. The van der Waals surface area contributed by atoms with Crippen LogP contribution in [0.3, 0.4) is 0 Å². The number of carbonyl (C=O) groups excluding carboxylic acids is 2. The highest BCUT2D eigenvalue weighted by atomic mass is 16.2. The van der Waals surface area contributed by atoms with Gasteiger partial charge in [-0.1, -0.05) is 18.2 Å². The maximum Gasteiger partial charge on any atom is 0.255 e. The Bertz CT molecular complexity index is 1460. The quantitative estimate of drug-likeness (QED) is 0.296. The van der Waals surface area contributed by atoms with Gasteiger partial charge in [-0.25, -0.2) is 0 Å². The van der Waals surface area contributed by atoms with E-state index < -0.39 is 0 Å². The van der Waals surface area contributed by atoms with Gasteiger partial charge in [0.2, 0.25) is 0 Å². The van der Waals surface area contributed by atoms with Crippen LogP contribution in [-0.4, -0.2) is 40.0 Å². The lowest BCUT2D eigenvalue weighted by Gasteiger charge is -2.15. The van der Waals surface area contributed by atoms with Gasteiger partial charge >= 0.3 is 0 Å². The molecule has 0 aliphatic heterocycles. The van der Waals surface area contributed by atoms with Crippen molar-refractivity contribution in [1.82, 2.24) is 0 Å². The molecule has 0 saturated heterocycles. The van der Waals surface area contributed by atoms with Crippen molar-refractivity contribution >= 4 is 34.6 Å². The number of aryl methyl sites for hydroxylation is 2. The molecule has 0 saturated carbocycles. The van der Waals surface area contributed by atoms with Gasteiger partial charge in [-0.3, -0.25) is 9.59 Å². The molecule has 0 atom stereocenters. The molecule has 0 unspecified atom stereocenters. The van der Waals surface area contributed by atoms with Crippen molar-refractivity contribution < 1.29 is 9.59 Å². The second kappa shape index (κ2) is 11.2. The van der Waals surface area contributed by atoms with E-state index in [1.165, 1.54) is 0 Å². The fraction of sp³-hybridized carbons (Fsp3) is 0.188. The molecule has 0 heterocycles. The first-order valence-corrected chi connectivity index (χ1v) is 12.5. The maximum atomic E-state index is 12.9. The zero-order valence-electron chi connectivity index (χ0n) is 22.8. The third kappa shape index (κ3) is 6.03. The topological polar surface area (TPSA) is 64.7 Å². The van der Waals surface area contributed by atoms with E-state index in [1.54, 1.807) is 0 Å². The summed E-state index contributed by atoms with van der Waals surface area (Å²) in [5.41, 5.74) is 8.73. The van der Waals surface area contributed by atoms with Crippen LogP contribution in [0.25, 0.3) is 11.1 Å². The highest BCUT2D eigenvalue weighted by Crippen LogP contribution is 2.29. The average molecular weight is 507 g/mol. The first-order chi connectivity index (χ1) is 18.1. The van der Waals surface area contributed by atoms with Gasteiger partial charge in [0.15, 0.2) is 0 Å². The van der Waals surface area contributed by atoms with E-state index in [0.29, 0.717) is 11.1 Å². The summed E-state index contributed by atoms with van der Waals surface area (Å²) >= 11 is 0. The van der Waals surface area contributed by atoms with Gasteiger partial charge < -0.3 is 20.4 Å². The molecule has 0 bridgehead atoms. The van der Waals surface area contributed by atoms with Crippen molar-refractivity contribution in [2.24, 2.45) is 0 Å². The summed E-state index contributed by atoms with van der Waals surface area (Å²) < 4.78 is 0. The summed E-state index contributed by atoms with van der Waals surface area (Å²) in [6, 6.07) is 27.0. The number of anilines is 4. The maximum absolute atomic E-state index is 12.9. The number of nitrogens with zero attached hydrogens (tertiary/aromatic N) is 2. The lowest BCUT2D eigenvalue weighted by atomic mass is 10.00. The van der Waals surface area contributed by atoms with Gasteiger partial charge in [0.25, 0.3) is 11.8 Å². The Kier molecular flexibility index (Phi) is 7.82. The summed E-state index contributed by atoms with van der Waals surface area (Å²) in [5.74, 6) is -0.298. The lowest BCUT2D eigenvalue weighted by molar-refractivity contribution is 0.101. The normalized spacial score (nSPS) is 10.6. The SMILES string of the molecule is Cc1cc(-c2ccc(C)c(NC(=O)c3ccc(N(C)C)cc3)c2)ccc1NC(=O)c1ccc(N(C)C)cc1. The second-order valence-corrected chi connectivity index (χ2v) is 9.85. The van der Waals surface area contributed by atoms with E-state index in [2.05, 4.69) is 10.6 Å². The molecule has 0 aliphatic carbocycles. The number of carbonyl (C=O) groups is 2. The average Bonchev–Trinajstić information content (AvgIpc) is 2.91. The second-order valence-electron chi connectivity index (χ2n) is 9.85. The first kappa shape index (κ1) is 26.5. The van der Waals surface area contributed by atoms with Crippen LogP contribution in [0.4, 0.5) is 22.7 Å². The molecule has 4 aromatic rings. The van der Waals surface area contributed by atoms with Crippen LogP contribution in [-0.2, 0) is 0 Å².